The molecule has 0 unspecified atom stereocenters. The van der Waals surface area contributed by atoms with Gasteiger partial charge in [0, 0.05) is 6.54 Å². The Morgan fingerprint density at radius 3 is 2.83 bits per heavy atom. The highest BCUT2D eigenvalue weighted by Crippen LogP contribution is 2.17. The predicted octanol–water partition coefficient (Wildman–Crippen LogP) is 1.67. The van der Waals surface area contributed by atoms with Crippen LogP contribution >= 0.6 is 11.6 Å². The van der Waals surface area contributed by atoms with E-state index >= 15 is 0 Å². The maximum atomic E-state index is 8.32. The SMILES string of the molecule is CCn1nc(C)c(/C=N\O)c1Cl. The Hall–Kier alpha value is -1.03. The predicted molar refractivity (Wildman–Crippen MR) is 47.0 cm³/mol. The fourth-order valence-electron chi connectivity index (χ4n) is 0.981. The van der Waals surface area contributed by atoms with Crippen LogP contribution in [0.3, 0.4) is 0 Å². The lowest BCUT2D eigenvalue weighted by atomic mass is 10.3. The lowest BCUT2D eigenvalue weighted by Crippen LogP contribution is -1.95. The van der Waals surface area contributed by atoms with E-state index in [1.165, 1.54) is 6.21 Å². The summed E-state index contributed by atoms with van der Waals surface area (Å²) in [5.74, 6) is 0. The molecule has 1 heterocycles. The van der Waals surface area contributed by atoms with Crippen molar-refractivity contribution < 1.29 is 5.21 Å². The van der Waals surface area contributed by atoms with Gasteiger partial charge in [0.2, 0.25) is 0 Å². The number of oxime groups is 1. The van der Waals surface area contributed by atoms with Crippen molar-refractivity contribution in [2.45, 2.75) is 20.4 Å². The lowest BCUT2D eigenvalue weighted by molar-refractivity contribution is 0.322. The van der Waals surface area contributed by atoms with E-state index in [0.29, 0.717) is 17.3 Å². The Kier molecular flexibility index (Phi) is 2.70. The van der Waals surface area contributed by atoms with Crippen LogP contribution in [0.2, 0.25) is 5.15 Å². The molecule has 0 amide bonds. The Morgan fingerprint density at radius 1 is 1.75 bits per heavy atom. The molecule has 4 nitrogen and oxygen atoms in total. The van der Waals surface area contributed by atoms with Crippen molar-refractivity contribution in [2.24, 2.45) is 5.16 Å². The van der Waals surface area contributed by atoms with Crippen LogP contribution in [0.15, 0.2) is 5.16 Å². The average molecular weight is 188 g/mol. The van der Waals surface area contributed by atoms with Crippen molar-refractivity contribution in [2.75, 3.05) is 0 Å². The molecule has 1 aromatic rings. The molecule has 5 heteroatoms. The molecular weight excluding hydrogens is 178 g/mol. The number of hydrogen-bond acceptors (Lipinski definition) is 3. The van der Waals surface area contributed by atoms with Gasteiger partial charge in [0.25, 0.3) is 0 Å². The standard InChI is InChI=1S/C7H10ClN3O/c1-3-11-7(8)6(4-9-12)5(2)10-11/h4,12H,3H2,1-2H3/b9-4-. The van der Waals surface area contributed by atoms with Crippen LogP contribution in [-0.4, -0.2) is 21.2 Å². The van der Waals surface area contributed by atoms with Crippen LogP contribution < -0.4 is 0 Å². The summed E-state index contributed by atoms with van der Waals surface area (Å²) in [6, 6.07) is 0. The fourth-order valence-corrected chi connectivity index (χ4v) is 1.32. The molecule has 0 radical (unpaired) electrons. The van der Waals surface area contributed by atoms with E-state index in [1.54, 1.807) is 4.68 Å². The summed E-state index contributed by atoms with van der Waals surface area (Å²) in [5.41, 5.74) is 1.43. The Bertz CT molecular complexity index is 306. The molecule has 0 saturated carbocycles. The highest BCUT2D eigenvalue weighted by atomic mass is 35.5. The number of hydrogen-bond donors (Lipinski definition) is 1. The Labute approximate surface area is 75.4 Å². The van der Waals surface area contributed by atoms with Gasteiger partial charge in [0.05, 0.1) is 17.5 Å². The van der Waals surface area contributed by atoms with Gasteiger partial charge in [-0.05, 0) is 13.8 Å². The van der Waals surface area contributed by atoms with E-state index < -0.39 is 0 Å². The van der Waals surface area contributed by atoms with Crippen molar-refractivity contribution in [1.29, 1.82) is 0 Å². The van der Waals surface area contributed by atoms with Crippen molar-refractivity contribution in [3.05, 3.63) is 16.4 Å². The first kappa shape index (κ1) is 9.06. The van der Waals surface area contributed by atoms with Gasteiger partial charge in [-0.15, -0.1) is 0 Å². The van der Waals surface area contributed by atoms with E-state index in [0.717, 1.165) is 5.69 Å². The molecule has 1 N–H and O–H groups in total. The zero-order chi connectivity index (χ0) is 9.14. The maximum absolute atomic E-state index is 8.32. The molecule has 0 fully saturated rings. The van der Waals surface area contributed by atoms with Crippen LogP contribution in [0.25, 0.3) is 0 Å². The third kappa shape index (κ3) is 1.43. The summed E-state index contributed by atoms with van der Waals surface area (Å²) >= 11 is 5.91. The van der Waals surface area contributed by atoms with Crippen molar-refractivity contribution in [1.82, 2.24) is 9.78 Å². The van der Waals surface area contributed by atoms with Crippen LogP contribution in [0.1, 0.15) is 18.2 Å². The number of aryl methyl sites for hydroxylation is 2. The molecule has 0 aliphatic heterocycles. The average Bonchev–Trinajstić information content (AvgIpc) is 2.32. The van der Waals surface area contributed by atoms with E-state index in [9.17, 15) is 0 Å². The van der Waals surface area contributed by atoms with E-state index in [1.807, 2.05) is 13.8 Å². The van der Waals surface area contributed by atoms with Gasteiger partial charge in [-0.3, -0.25) is 4.68 Å². The summed E-state index contributed by atoms with van der Waals surface area (Å²) in [6.45, 7) is 4.46. The second-order valence-corrected chi connectivity index (χ2v) is 2.71. The molecule has 1 rings (SSSR count). The smallest absolute Gasteiger partial charge is 0.136 e. The van der Waals surface area contributed by atoms with E-state index in [4.69, 9.17) is 16.8 Å². The second kappa shape index (κ2) is 3.58. The van der Waals surface area contributed by atoms with E-state index in [2.05, 4.69) is 10.3 Å². The minimum Gasteiger partial charge on any atom is -0.411 e. The maximum Gasteiger partial charge on any atom is 0.136 e. The molecule has 0 atom stereocenters. The zero-order valence-corrected chi connectivity index (χ0v) is 7.71. The van der Waals surface area contributed by atoms with E-state index in [-0.39, 0.29) is 0 Å². The Morgan fingerprint density at radius 2 is 2.42 bits per heavy atom. The fraction of sp³-hybridized carbons (Fsp3) is 0.429. The normalized spacial score (nSPS) is 11.2. The van der Waals surface area contributed by atoms with Crippen molar-refractivity contribution in [3.8, 4) is 0 Å². The zero-order valence-electron chi connectivity index (χ0n) is 6.95. The summed E-state index contributed by atoms with van der Waals surface area (Å²) in [5, 5.41) is 15.9. The van der Waals surface area contributed by atoms with Crippen molar-refractivity contribution >= 4 is 17.8 Å². The highest BCUT2D eigenvalue weighted by molar-refractivity contribution is 6.32. The number of aromatic nitrogens is 2. The lowest BCUT2D eigenvalue weighted by Gasteiger charge is -1.94. The van der Waals surface area contributed by atoms with Crippen LogP contribution in [-0.2, 0) is 6.54 Å². The topological polar surface area (TPSA) is 50.4 Å². The van der Waals surface area contributed by atoms with Gasteiger partial charge in [-0.25, -0.2) is 0 Å². The van der Waals surface area contributed by atoms with Crippen LogP contribution in [0.4, 0.5) is 0 Å². The summed E-state index contributed by atoms with van der Waals surface area (Å²) in [4.78, 5) is 0. The van der Waals surface area contributed by atoms with Gasteiger partial charge in [0.15, 0.2) is 0 Å². The third-order valence-corrected chi connectivity index (χ3v) is 1.99. The molecule has 0 bridgehead atoms. The third-order valence-electron chi connectivity index (χ3n) is 1.60. The van der Waals surface area contributed by atoms with Crippen LogP contribution in [0.5, 0.6) is 0 Å². The molecule has 12 heavy (non-hydrogen) atoms. The molecule has 0 aliphatic rings. The molecule has 0 spiro atoms. The van der Waals surface area contributed by atoms with Gasteiger partial charge in [0.1, 0.15) is 5.15 Å². The molecule has 0 saturated heterocycles. The van der Waals surface area contributed by atoms with Gasteiger partial charge in [-0.2, -0.15) is 5.10 Å². The van der Waals surface area contributed by atoms with Crippen molar-refractivity contribution in [3.63, 3.8) is 0 Å². The minimum atomic E-state index is 0.507. The molecule has 66 valence electrons. The first-order valence-electron chi connectivity index (χ1n) is 3.61. The minimum absolute atomic E-state index is 0.507. The molecule has 0 aliphatic carbocycles. The van der Waals surface area contributed by atoms with Gasteiger partial charge >= 0.3 is 0 Å². The summed E-state index contributed by atoms with van der Waals surface area (Å²) in [7, 11) is 0. The first-order valence-corrected chi connectivity index (χ1v) is 3.98. The monoisotopic (exact) mass is 187 g/mol. The van der Waals surface area contributed by atoms with Gasteiger partial charge in [-0.1, -0.05) is 16.8 Å². The number of nitrogens with zero attached hydrogens (tertiary/aromatic N) is 3. The largest absolute Gasteiger partial charge is 0.411 e. The summed E-state index contributed by atoms with van der Waals surface area (Å²) in [6.07, 6.45) is 1.29. The number of halogens is 1. The number of rotatable bonds is 2. The highest BCUT2D eigenvalue weighted by Gasteiger charge is 2.09. The Balaban J connectivity index is 3.18. The van der Waals surface area contributed by atoms with Crippen LogP contribution in [0, 0.1) is 6.92 Å². The second-order valence-electron chi connectivity index (χ2n) is 2.35. The molecular formula is C7H10ClN3O. The first-order chi connectivity index (χ1) is 5.70. The molecule has 1 aromatic heterocycles. The molecule has 0 aromatic carbocycles. The quantitative estimate of drug-likeness (QED) is 0.435. The summed E-state index contributed by atoms with van der Waals surface area (Å²) < 4.78 is 1.65. The van der Waals surface area contributed by atoms with Gasteiger partial charge < -0.3 is 5.21 Å².